The Morgan fingerprint density at radius 1 is 1.17 bits per heavy atom. The summed E-state index contributed by atoms with van der Waals surface area (Å²) in [4.78, 5) is 12.1. The number of hydrogen-bond donors (Lipinski definition) is 0. The Labute approximate surface area is 138 Å². The van der Waals surface area contributed by atoms with E-state index in [1.165, 1.54) is 6.08 Å². The van der Waals surface area contributed by atoms with Crippen LogP contribution in [0.2, 0.25) is 5.02 Å². The first-order valence-corrected chi connectivity index (χ1v) is 7.37. The highest BCUT2D eigenvalue weighted by atomic mass is 35.5. The number of ether oxygens (including phenoxy) is 2. The van der Waals surface area contributed by atoms with E-state index >= 15 is 0 Å². The molecule has 0 radical (unpaired) electrons. The van der Waals surface area contributed by atoms with E-state index in [2.05, 4.69) is 0 Å². The third kappa shape index (κ3) is 3.36. The van der Waals surface area contributed by atoms with E-state index in [1.54, 1.807) is 42.5 Å². The summed E-state index contributed by atoms with van der Waals surface area (Å²) in [5, 5.41) is 9.21. The number of benzene rings is 2. The van der Waals surface area contributed by atoms with Crippen LogP contribution in [0.15, 0.2) is 42.5 Å². The first-order chi connectivity index (χ1) is 11.2. The Hall–Kier alpha value is -2.77. The van der Waals surface area contributed by atoms with Gasteiger partial charge in [-0.05, 0) is 48.0 Å². The number of nitrogens with zero attached hydrogens (tertiary/aromatic N) is 1. The van der Waals surface area contributed by atoms with Gasteiger partial charge in [0.1, 0.15) is 13.2 Å². The summed E-state index contributed by atoms with van der Waals surface area (Å²) in [5.41, 5.74) is 1.79. The quantitative estimate of drug-likeness (QED) is 0.634. The maximum Gasteiger partial charge on any atom is 0.185 e. The van der Waals surface area contributed by atoms with Crippen molar-refractivity contribution in [2.75, 3.05) is 13.2 Å². The van der Waals surface area contributed by atoms with Gasteiger partial charge in [0.2, 0.25) is 0 Å². The molecule has 0 spiro atoms. The molecule has 4 nitrogen and oxygen atoms in total. The Morgan fingerprint density at radius 3 is 2.65 bits per heavy atom. The number of allylic oxidation sites excluding steroid dienone is 1. The third-order valence-corrected chi connectivity index (χ3v) is 3.63. The average Bonchev–Trinajstić information content (AvgIpc) is 2.60. The van der Waals surface area contributed by atoms with Crippen molar-refractivity contribution in [3.05, 3.63) is 64.2 Å². The van der Waals surface area contributed by atoms with Gasteiger partial charge in [0.15, 0.2) is 17.3 Å². The van der Waals surface area contributed by atoms with Crippen LogP contribution in [0.1, 0.15) is 21.5 Å². The van der Waals surface area contributed by atoms with E-state index in [-0.39, 0.29) is 5.78 Å². The number of carbonyl (C=O) groups excluding carboxylic acids is 1. The van der Waals surface area contributed by atoms with Crippen LogP contribution in [0.3, 0.4) is 0 Å². The summed E-state index contributed by atoms with van der Waals surface area (Å²) in [7, 11) is 0. The van der Waals surface area contributed by atoms with Crippen molar-refractivity contribution in [3.63, 3.8) is 0 Å². The molecule has 3 rings (SSSR count). The first-order valence-electron chi connectivity index (χ1n) is 6.99. The van der Waals surface area contributed by atoms with Crippen molar-refractivity contribution in [1.82, 2.24) is 0 Å². The zero-order valence-electron chi connectivity index (χ0n) is 12.1. The second-order valence-corrected chi connectivity index (χ2v) is 5.32. The van der Waals surface area contributed by atoms with Crippen LogP contribution < -0.4 is 9.47 Å². The highest BCUT2D eigenvalue weighted by Crippen LogP contribution is 2.38. The van der Waals surface area contributed by atoms with Crippen LogP contribution in [0, 0.1) is 11.3 Å². The maximum absolute atomic E-state index is 12.1. The molecule has 0 aliphatic carbocycles. The molecular formula is C18H12ClNO3. The van der Waals surface area contributed by atoms with Crippen LogP contribution in [0.4, 0.5) is 0 Å². The highest BCUT2D eigenvalue weighted by molar-refractivity contribution is 6.32. The molecule has 0 N–H and O–H groups in total. The minimum absolute atomic E-state index is 0.152. The van der Waals surface area contributed by atoms with Crippen LogP contribution >= 0.6 is 11.6 Å². The van der Waals surface area contributed by atoms with Crippen molar-refractivity contribution < 1.29 is 14.3 Å². The molecule has 0 amide bonds. The van der Waals surface area contributed by atoms with Crippen LogP contribution in [0.25, 0.3) is 6.08 Å². The van der Waals surface area contributed by atoms with Gasteiger partial charge in [0.05, 0.1) is 16.7 Å². The van der Waals surface area contributed by atoms with E-state index in [4.69, 9.17) is 26.3 Å². The SMILES string of the molecule is N#Cc1ccc(C(=O)C=Cc2cc(Cl)c3c(c2)OCCO3)cc1. The van der Waals surface area contributed by atoms with Gasteiger partial charge in [-0.2, -0.15) is 5.26 Å². The molecule has 23 heavy (non-hydrogen) atoms. The molecule has 0 saturated carbocycles. The fourth-order valence-electron chi connectivity index (χ4n) is 2.20. The number of halogens is 1. The molecule has 1 heterocycles. The van der Waals surface area contributed by atoms with Crippen molar-refractivity contribution in [1.29, 1.82) is 5.26 Å². The standard InChI is InChI=1S/C18H12ClNO3/c19-15-9-13(10-17-18(15)23-8-7-22-17)3-6-16(21)14-4-1-12(11-20)2-5-14/h1-6,9-10H,7-8H2. The summed E-state index contributed by atoms with van der Waals surface area (Å²) in [6, 6.07) is 12.0. The molecule has 0 saturated heterocycles. The summed E-state index contributed by atoms with van der Waals surface area (Å²) in [6.07, 6.45) is 3.13. The summed E-state index contributed by atoms with van der Waals surface area (Å²) in [6.45, 7) is 0.944. The summed E-state index contributed by atoms with van der Waals surface area (Å²) in [5.74, 6) is 0.961. The second kappa shape index (κ2) is 6.55. The van der Waals surface area contributed by atoms with Gasteiger partial charge >= 0.3 is 0 Å². The van der Waals surface area contributed by atoms with Gasteiger partial charge in [-0.25, -0.2) is 0 Å². The van der Waals surface area contributed by atoms with Crippen molar-refractivity contribution >= 4 is 23.5 Å². The number of rotatable bonds is 3. The summed E-state index contributed by atoms with van der Waals surface area (Å²) < 4.78 is 11.0. The zero-order valence-corrected chi connectivity index (χ0v) is 12.8. The van der Waals surface area contributed by atoms with E-state index < -0.39 is 0 Å². The lowest BCUT2D eigenvalue weighted by atomic mass is 10.1. The van der Waals surface area contributed by atoms with Crippen molar-refractivity contribution in [3.8, 4) is 17.6 Å². The smallest absolute Gasteiger partial charge is 0.185 e. The lowest BCUT2D eigenvalue weighted by Gasteiger charge is -2.19. The average molecular weight is 326 g/mol. The van der Waals surface area contributed by atoms with E-state index in [0.29, 0.717) is 40.9 Å². The normalized spacial score (nSPS) is 12.9. The molecule has 5 heteroatoms. The van der Waals surface area contributed by atoms with E-state index in [1.807, 2.05) is 6.07 Å². The molecule has 2 aromatic carbocycles. The molecule has 2 aromatic rings. The topological polar surface area (TPSA) is 59.3 Å². The Kier molecular flexibility index (Phi) is 4.31. The Bertz CT molecular complexity index is 819. The van der Waals surface area contributed by atoms with Gasteiger partial charge in [0, 0.05) is 5.56 Å². The number of hydrogen-bond acceptors (Lipinski definition) is 4. The molecule has 1 aliphatic rings. The van der Waals surface area contributed by atoms with Crippen molar-refractivity contribution in [2.45, 2.75) is 0 Å². The molecule has 0 bridgehead atoms. The molecule has 0 aromatic heterocycles. The van der Waals surface area contributed by atoms with Gasteiger partial charge in [-0.3, -0.25) is 4.79 Å². The Morgan fingerprint density at radius 2 is 1.91 bits per heavy atom. The van der Waals surface area contributed by atoms with Crippen LogP contribution in [-0.4, -0.2) is 19.0 Å². The monoisotopic (exact) mass is 325 g/mol. The number of ketones is 1. The minimum Gasteiger partial charge on any atom is -0.486 e. The van der Waals surface area contributed by atoms with E-state index in [9.17, 15) is 4.79 Å². The van der Waals surface area contributed by atoms with Gasteiger partial charge in [0.25, 0.3) is 0 Å². The largest absolute Gasteiger partial charge is 0.486 e. The van der Waals surface area contributed by atoms with E-state index in [0.717, 1.165) is 5.56 Å². The minimum atomic E-state index is -0.152. The van der Waals surface area contributed by atoms with Gasteiger partial charge in [-0.15, -0.1) is 0 Å². The maximum atomic E-state index is 12.1. The molecule has 1 aliphatic heterocycles. The fourth-order valence-corrected chi connectivity index (χ4v) is 2.48. The molecule has 0 atom stereocenters. The predicted molar refractivity (Wildman–Crippen MR) is 87.0 cm³/mol. The van der Waals surface area contributed by atoms with Gasteiger partial charge < -0.3 is 9.47 Å². The second-order valence-electron chi connectivity index (χ2n) is 4.91. The molecule has 114 valence electrons. The fraction of sp³-hybridized carbons (Fsp3) is 0.111. The molecule has 0 unspecified atom stereocenters. The predicted octanol–water partition coefficient (Wildman–Crippen LogP) is 3.88. The van der Waals surface area contributed by atoms with Crippen molar-refractivity contribution in [2.24, 2.45) is 0 Å². The first kappa shape index (κ1) is 15.1. The lowest BCUT2D eigenvalue weighted by Crippen LogP contribution is -2.15. The zero-order chi connectivity index (χ0) is 16.2. The summed E-state index contributed by atoms with van der Waals surface area (Å²) >= 11 is 6.16. The van der Waals surface area contributed by atoms with Crippen LogP contribution in [0.5, 0.6) is 11.5 Å². The lowest BCUT2D eigenvalue weighted by molar-refractivity contribution is 0.104. The van der Waals surface area contributed by atoms with Gasteiger partial charge in [-0.1, -0.05) is 17.7 Å². The Balaban J connectivity index is 1.80. The molecule has 0 fully saturated rings. The number of nitriles is 1. The third-order valence-electron chi connectivity index (χ3n) is 3.34. The van der Waals surface area contributed by atoms with Crippen LogP contribution in [-0.2, 0) is 0 Å². The highest BCUT2D eigenvalue weighted by Gasteiger charge is 2.16. The molecular weight excluding hydrogens is 314 g/mol. The number of carbonyl (C=O) groups is 1. The number of fused-ring (bicyclic) bond motifs is 1.